The van der Waals surface area contributed by atoms with Crippen molar-refractivity contribution >= 4 is 37.9 Å². The summed E-state index contributed by atoms with van der Waals surface area (Å²) in [4.78, 5) is 12.5. The third-order valence-electron chi connectivity index (χ3n) is 3.13. The topological polar surface area (TPSA) is 39.4 Å². The lowest BCUT2D eigenvalue weighted by molar-refractivity contribution is 0.415. The van der Waals surface area contributed by atoms with Gasteiger partial charge in [-0.05, 0) is 24.3 Å². The van der Waals surface area contributed by atoms with Gasteiger partial charge in [-0.1, -0.05) is 28.1 Å². The van der Waals surface area contributed by atoms with Crippen LogP contribution in [0.3, 0.4) is 0 Å². The van der Waals surface area contributed by atoms with Gasteiger partial charge in [0.05, 0.1) is 17.9 Å². The zero-order valence-electron chi connectivity index (χ0n) is 10.3. The molecule has 0 amide bonds. The van der Waals surface area contributed by atoms with Crippen molar-refractivity contribution in [2.45, 2.75) is 5.33 Å². The second kappa shape index (κ2) is 4.70. The highest BCUT2D eigenvalue weighted by Gasteiger charge is 2.11. The maximum absolute atomic E-state index is 12.5. The highest BCUT2D eigenvalue weighted by molar-refractivity contribution is 9.08. The molecule has 0 unspecified atom stereocenters. The molecule has 19 heavy (non-hydrogen) atoms. The molecule has 96 valence electrons. The number of para-hydroxylation sites is 1. The molecular weight excluding hydrogens is 308 g/mol. The van der Waals surface area contributed by atoms with Gasteiger partial charge in [-0.25, -0.2) is 0 Å². The van der Waals surface area contributed by atoms with E-state index in [4.69, 9.17) is 9.15 Å². The molecule has 0 spiro atoms. The Morgan fingerprint density at radius 3 is 2.79 bits per heavy atom. The van der Waals surface area contributed by atoms with Gasteiger partial charge < -0.3 is 9.15 Å². The largest absolute Gasteiger partial charge is 0.497 e. The van der Waals surface area contributed by atoms with Crippen LogP contribution in [0.15, 0.2) is 45.6 Å². The molecule has 0 radical (unpaired) electrons. The molecule has 0 aliphatic carbocycles. The number of methoxy groups -OCH3 is 1. The summed E-state index contributed by atoms with van der Waals surface area (Å²) in [5, 5.41) is 1.78. The molecule has 0 fully saturated rings. The summed E-state index contributed by atoms with van der Waals surface area (Å²) in [7, 11) is 1.58. The van der Waals surface area contributed by atoms with Crippen LogP contribution in [-0.4, -0.2) is 7.11 Å². The third kappa shape index (κ3) is 1.92. The Bertz CT molecular complexity index is 814. The van der Waals surface area contributed by atoms with Gasteiger partial charge in [0.1, 0.15) is 16.9 Å². The molecule has 3 aromatic rings. The lowest BCUT2D eigenvalue weighted by Gasteiger charge is -2.06. The van der Waals surface area contributed by atoms with Crippen molar-refractivity contribution in [3.8, 4) is 5.75 Å². The maximum Gasteiger partial charge on any atom is 0.200 e. The minimum Gasteiger partial charge on any atom is -0.497 e. The Morgan fingerprint density at radius 1 is 1.21 bits per heavy atom. The van der Waals surface area contributed by atoms with Gasteiger partial charge in [-0.2, -0.15) is 0 Å². The first-order valence-corrected chi connectivity index (χ1v) is 6.95. The molecule has 3 nitrogen and oxygen atoms in total. The molecule has 1 heterocycles. The monoisotopic (exact) mass is 318 g/mol. The highest BCUT2D eigenvalue weighted by Crippen LogP contribution is 2.25. The fourth-order valence-electron chi connectivity index (χ4n) is 2.15. The van der Waals surface area contributed by atoms with E-state index in [0.717, 1.165) is 5.56 Å². The van der Waals surface area contributed by atoms with E-state index < -0.39 is 0 Å². The van der Waals surface area contributed by atoms with Gasteiger partial charge in [0, 0.05) is 10.9 Å². The van der Waals surface area contributed by atoms with E-state index >= 15 is 0 Å². The van der Waals surface area contributed by atoms with E-state index in [1.807, 2.05) is 12.1 Å². The first kappa shape index (κ1) is 12.2. The molecule has 0 aliphatic heterocycles. The zero-order valence-corrected chi connectivity index (χ0v) is 11.9. The Labute approximate surface area is 117 Å². The fourth-order valence-corrected chi connectivity index (χ4v) is 2.59. The molecular formula is C15H11BrO3. The Hall–Kier alpha value is -1.81. The summed E-state index contributed by atoms with van der Waals surface area (Å²) < 4.78 is 11.0. The van der Waals surface area contributed by atoms with Gasteiger partial charge in [-0.15, -0.1) is 0 Å². The normalized spacial score (nSPS) is 11.1. The van der Waals surface area contributed by atoms with Gasteiger partial charge in [0.15, 0.2) is 0 Å². The molecule has 4 heteroatoms. The van der Waals surface area contributed by atoms with Gasteiger partial charge in [-0.3, -0.25) is 4.79 Å². The summed E-state index contributed by atoms with van der Waals surface area (Å²) in [6.07, 6.45) is 0. The van der Waals surface area contributed by atoms with E-state index in [9.17, 15) is 4.79 Å². The fraction of sp³-hybridized carbons (Fsp3) is 0.133. The van der Waals surface area contributed by atoms with Crippen LogP contribution in [0.1, 0.15) is 5.56 Å². The zero-order chi connectivity index (χ0) is 13.4. The van der Waals surface area contributed by atoms with Gasteiger partial charge >= 0.3 is 0 Å². The number of benzene rings is 2. The van der Waals surface area contributed by atoms with Crippen molar-refractivity contribution in [1.82, 2.24) is 0 Å². The molecule has 1 aromatic heterocycles. The molecule has 3 rings (SSSR count). The van der Waals surface area contributed by atoms with Crippen LogP contribution in [-0.2, 0) is 5.33 Å². The number of hydrogen-bond donors (Lipinski definition) is 0. The van der Waals surface area contributed by atoms with Crippen LogP contribution < -0.4 is 10.2 Å². The average Bonchev–Trinajstić information content (AvgIpc) is 2.46. The quantitative estimate of drug-likeness (QED) is 0.532. The van der Waals surface area contributed by atoms with Crippen molar-refractivity contribution in [3.63, 3.8) is 0 Å². The number of halogens is 1. The summed E-state index contributed by atoms with van der Waals surface area (Å²) in [6, 6.07) is 10.8. The summed E-state index contributed by atoms with van der Waals surface area (Å²) in [5.74, 6) is 0.649. The van der Waals surface area contributed by atoms with Crippen LogP contribution in [0.4, 0.5) is 0 Å². The predicted molar refractivity (Wildman–Crippen MR) is 79.2 cm³/mol. The predicted octanol–water partition coefficient (Wildman–Crippen LogP) is 3.85. The minimum absolute atomic E-state index is 0.0297. The van der Waals surface area contributed by atoms with Crippen molar-refractivity contribution in [2.24, 2.45) is 0 Å². The lowest BCUT2D eigenvalue weighted by atomic mass is 10.1. The molecule has 0 bridgehead atoms. The van der Waals surface area contributed by atoms with E-state index in [2.05, 4.69) is 15.9 Å². The molecule has 2 aromatic carbocycles. The highest BCUT2D eigenvalue weighted by atomic mass is 79.9. The summed E-state index contributed by atoms with van der Waals surface area (Å²) >= 11 is 3.41. The first-order valence-electron chi connectivity index (χ1n) is 5.83. The maximum atomic E-state index is 12.5. The first-order chi connectivity index (χ1) is 9.24. The smallest absolute Gasteiger partial charge is 0.200 e. The Balaban J connectivity index is 2.48. The summed E-state index contributed by atoms with van der Waals surface area (Å²) in [6.45, 7) is 0. The lowest BCUT2D eigenvalue weighted by Crippen LogP contribution is -2.03. The molecule has 0 aliphatic rings. The van der Waals surface area contributed by atoms with Crippen molar-refractivity contribution in [3.05, 3.63) is 52.2 Å². The number of rotatable bonds is 2. The van der Waals surface area contributed by atoms with Crippen molar-refractivity contribution < 1.29 is 9.15 Å². The second-order valence-electron chi connectivity index (χ2n) is 4.22. The van der Waals surface area contributed by atoms with E-state index in [0.29, 0.717) is 33.0 Å². The van der Waals surface area contributed by atoms with E-state index in [1.165, 1.54) is 0 Å². The molecule has 0 saturated heterocycles. The Morgan fingerprint density at radius 2 is 2.05 bits per heavy atom. The van der Waals surface area contributed by atoms with Crippen LogP contribution >= 0.6 is 15.9 Å². The van der Waals surface area contributed by atoms with Gasteiger partial charge in [0.25, 0.3) is 0 Å². The van der Waals surface area contributed by atoms with E-state index in [-0.39, 0.29) is 5.43 Å². The number of alkyl halides is 1. The van der Waals surface area contributed by atoms with Crippen molar-refractivity contribution in [1.29, 1.82) is 0 Å². The SMILES string of the molecule is COc1ccc2oc3c(CBr)cccc3c(=O)c2c1. The van der Waals surface area contributed by atoms with Crippen LogP contribution in [0, 0.1) is 0 Å². The van der Waals surface area contributed by atoms with Crippen LogP contribution in [0.5, 0.6) is 5.75 Å². The number of ether oxygens (including phenoxy) is 1. The average molecular weight is 319 g/mol. The molecule has 0 N–H and O–H groups in total. The van der Waals surface area contributed by atoms with Crippen LogP contribution in [0.25, 0.3) is 21.9 Å². The molecule has 0 atom stereocenters. The second-order valence-corrected chi connectivity index (χ2v) is 4.78. The standard InChI is InChI=1S/C15H11BrO3/c1-18-10-5-6-13-12(7-10)14(17)11-4-2-3-9(8-16)15(11)19-13/h2-7H,8H2,1H3. The van der Waals surface area contributed by atoms with E-state index in [1.54, 1.807) is 31.4 Å². The van der Waals surface area contributed by atoms with Gasteiger partial charge in [0.2, 0.25) is 5.43 Å². The summed E-state index contributed by atoms with van der Waals surface area (Å²) in [5.41, 5.74) is 2.15. The third-order valence-corrected chi connectivity index (χ3v) is 3.73. The Kier molecular flexibility index (Phi) is 3.03. The minimum atomic E-state index is -0.0297. The van der Waals surface area contributed by atoms with Crippen molar-refractivity contribution in [2.75, 3.05) is 7.11 Å². The molecule has 0 saturated carbocycles. The number of fused-ring (bicyclic) bond motifs is 2. The van der Waals surface area contributed by atoms with Crippen LogP contribution in [0.2, 0.25) is 0 Å². The number of hydrogen-bond acceptors (Lipinski definition) is 3.